The van der Waals surface area contributed by atoms with Crippen LogP contribution in [0.15, 0.2) is 79.3 Å². The number of aryl methyl sites for hydroxylation is 1. The van der Waals surface area contributed by atoms with E-state index < -0.39 is 24.0 Å². The molecule has 1 N–H and O–H groups in total. The van der Waals surface area contributed by atoms with Crippen molar-refractivity contribution >= 4 is 57.4 Å². The fourth-order valence-corrected chi connectivity index (χ4v) is 6.22. The number of likely N-dealkylation sites (tertiary alicyclic amines) is 1. The molecule has 0 saturated carbocycles. The average Bonchev–Trinajstić information content (AvgIpc) is 3.59. The molecule has 3 aromatic carbocycles. The number of halogens is 3. The SMILES string of the molecule is CC(=O)c1cn(CC(=O)N2C[C@H](F)CC2C(=O)Nc2cccc(-c3ccccc3Cl)c2Cl)c2ccc(-c3cnc(C)nc3)cc12. The molecule has 5 aromatic rings. The molecule has 3 heterocycles. The summed E-state index contributed by atoms with van der Waals surface area (Å²) in [6.45, 7) is 2.85. The van der Waals surface area contributed by atoms with Crippen molar-refractivity contribution in [3.8, 4) is 22.3 Å². The number of hydrogen-bond acceptors (Lipinski definition) is 5. The zero-order valence-electron chi connectivity index (χ0n) is 24.4. The molecule has 0 bridgehead atoms. The van der Waals surface area contributed by atoms with Crippen LogP contribution < -0.4 is 5.32 Å². The summed E-state index contributed by atoms with van der Waals surface area (Å²) in [5.74, 6) is -0.517. The van der Waals surface area contributed by atoms with Gasteiger partial charge in [0.05, 0.1) is 17.3 Å². The lowest BCUT2D eigenvalue weighted by Crippen LogP contribution is -2.44. The van der Waals surface area contributed by atoms with Crippen molar-refractivity contribution in [3.05, 3.63) is 101 Å². The normalized spacial score (nSPS) is 16.2. The minimum atomic E-state index is -1.37. The number of ketones is 1. The summed E-state index contributed by atoms with van der Waals surface area (Å²) < 4.78 is 16.4. The fourth-order valence-electron chi connectivity index (χ4n) is 5.71. The Bertz CT molecular complexity index is 1960. The third-order valence-electron chi connectivity index (χ3n) is 7.97. The van der Waals surface area contributed by atoms with Gasteiger partial charge in [-0.1, -0.05) is 59.6 Å². The maximum Gasteiger partial charge on any atom is 0.247 e. The average molecular weight is 645 g/mol. The van der Waals surface area contributed by atoms with Crippen molar-refractivity contribution in [2.45, 2.75) is 39.0 Å². The molecule has 1 aliphatic rings. The van der Waals surface area contributed by atoms with E-state index in [4.69, 9.17) is 23.2 Å². The van der Waals surface area contributed by atoms with Crippen molar-refractivity contribution in [2.75, 3.05) is 11.9 Å². The van der Waals surface area contributed by atoms with Gasteiger partial charge >= 0.3 is 0 Å². The number of nitrogens with zero attached hydrogens (tertiary/aromatic N) is 4. The van der Waals surface area contributed by atoms with E-state index in [0.717, 1.165) is 11.1 Å². The lowest BCUT2D eigenvalue weighted by atomic mass is 10.0. The first-order chi connectivity index (χ1) is 21.6. The molecule has 0 aliphatic carbocycles. The van der Waals surface area contributed by atoms with Crippen molar-refractivity contribution in [1.82, 2.24) is 19.4 Å². The first-order valence-corrected chi connectivity index (χ1v) is 15.1. The highest BCUT2D eigenvalue weighted by molar-refractivity contribution is 6.38. The van der Waals surface area contributed by atoms with Crippen LogP contribution >= 0.6 is 23.2 Å². The fraction of sp³-hybridized carbons (Fsp3) is 0.206. The Morgan fingerprint density at radius 2 is 1.71 bits per heavy atom. The molecule has 11 heteroatoms. The highest BCUT2D eigenvalue weighted by Gasteiger charge is 2.40. The van der Waals surface area contributed by atoms with Gasteiger partial charge in [-0.05, 0) is 43.7 Å². The summed E-state index contributed by atoms with van der Waals surface area (Å²) >= 11 is 13.0. The quantitative estimate of drug-likeness (QED) is 0.190. The van der Waals surface area contributed by atoms with Crippen LogP contribution in [0.4, 0.5) is 10.1 Å². The van der Waals surface area contributed by atoms with Gasteiger partial charge in [0.25, 0.3) is 0 Å². The van der Waals surface area contributed by atoms with Crippen molar-refractivity contribution in [3.63, 3.8) is 0 Å². The molecular weight excluding hydrogens is 616 g/mol. The van der Waals surface area contributed by atoms with Gasteiger partial charge in [0, 0.05) is 63.2 Å². The van der Waals surface area contributed by atoms with Gasteiger partial charge in [0.1, 0.15) is 24.6 Å². The molecule has 1 aliphatic heterocycles. The molecule has 0 spiro atoms. The lowest BCUT2D eigenvalue weighted by molar-refractivity contribution is -0.137. The summed E-state index contributed by atoms with van der Waals surface area (Å²) in [7, 11) is 0. The first kappa shape index (κ1) is 30.4. The lowest BCUT2D eigenvalue weighted by Gasteiger charge is -2.24. The third kappa shape index (κ3) is 6.06. The van der Waals surface area contributed by atoms with E-state index in [-0.39, 0.29) is 30.3 Å². The monoisotopic (exact) mass is 643 g/mol. The van der Waals surface area contributed by atoms with Crippen LogP contribution in [0.2, 0.25) is 10.0 Å². The minimum absolute atomic E-state index is 0.146. The standard InChI is InChI=1S/C34H28Cl2FN5O3/c1-19(43)27-17-41(30-11-10-21(12-26(27)30)22-14-38-20(2)39-15-22)18-32(44)42-16-23(37)13-31(42)34(45)40-29-9-5-7-25(33(29)36)24-6-3-4-8-28(24)35/h3-12,14-15,17,23,31H,13,16,18H2,1-2H3,(H,40,45)/t23-,31?/m1/s1. The first-order valence-electron chi connectivity index (χ1n) is 14.3. The molecule has 8 nitrogen and oxygen atoms in total. The van der Waals surface area contributed by atoms with Crippen LogP contribution in [0.3, 0.4) is 0 Å². The number of amides is 2. The number of nitrogens with one attached hydrogen (secondary N) is 1. The molecule has 6 rings (SSSR count). The van der Waals surface area contributed by atoms with Crippen LogP contribution in [0.1, 0.15) is 29.5 Å². The Kier molecular flexibility index (Phi) is 8.40. The van der Waals surface area contributed by atoms with Gasteiger partial charge in [-0.15, -0.1) is 0 Å². The van der Waals surface area contributed by atoms with E-state index in [1.807, 2.05) is 30.3 Å². The van der Waals surface area contributed by atoms with Crippen LogP contribution in [0.25, 0.3) is 33.2 Å². The highest BCUT2D eigenvalue weighted by Crippen LogP contribution is 2.37. The summed E-state index contributed by atoms with van der Waals surface area (Å²) in [5.41, 5.74) is 4.36. The van der Waals surface area contributed by atoms with Crippen LogP contribution in [-0.4, -0.2) is 55.8 Å². The summed E-state index contributed by atoms with van der Waals surface area (Å²) in [5, 5.41) is 4.23. The minimum Gasteiger partial charge on any atom is -0.337 e. The van der Waals surface area contributed by atoms with E-state index in [0.29, 0.717) is 44.1 Å². The molecule has 1 fully saturated rings. The molecule has 1 saturated heterocycles. The molecule has 2 amide bonds. The predicted molar refractivity (Wildman–Crippen MR) is 173 cm³/mol. The zero-order valence-corrected chi connectivity index (χ0v) is 25.9. The molecule has 228 valence electrons. The number of hydrogen-bond donors (Lipinski definition) is 1. The Balaban J connectivity index is 1.25. The molecule has 0 radical (unpaired) electrons. The van der Waals surface area contributed by atoms with Crippen molar-refractivity contribution in [1.29, 1.82) is 0 Å². The van der Waals surface area contributed by atoms with Crippen molar-refractivity contribution < 1.29 is 18.8 Å². The Morgan fingerprint density at radius 1 is 0.978 bits per heavy atom. The molecule has 45 heavy (non-hydrogen) atoms. The smallest absolute Gasteiger partial charge is 0.247 e. The Labute approximate surface area is 268 Å². The van der Waals surface area contributed by atoms with Crippen LogP contribution in [0.5, 0.6) is 0 Å². The van der Waals surface area contributed by atoms with E-state index in [1.54, 1.807) is 60.4 Å². The maximum absolute atomic E-state index is 14.7. The van der Waals surface area contributed by atoms with Gasteiger partial charge in [-0.25, -0.2) is 14.4 Å². The second kappa shape index (κ2) is 12.4. The summed E-state index contributed by atoms with van der Waals surface area (Å²) in [6.07, 6.45) is 3.53. The third-order valence-corrected chi connectivity index (χ3v) is 8.71. The van der Waals surface area contributed by atoms with E-state index in [9.17, 15) is 18.8 Å². The Hall–Kier alpha value is -4.60. The second-order valence-electron chi connectivity index (χ2n) is 11.0. The van der Waals surface area contributed by atoms with E-state index in [1.165, 1.54) is 11.8 Å². The zero-order chi connectivity index (χ0) is 31.8. The van der Waals surface area contributed by atoms with Gasteiger partial charge in [-0.3, -0.25) is 14.4 Å². The number of alkyl halides is 1. The van der Waals surface area contributed by atoms with Crippen LogP contribution in [0, 0.1) is 6.92 Å². The summed E-state index contributed by atoms with van der Waals surface area (Å²) in [4.78, 5) is 49.4. The molecule has 2 atom stereocenters. The molecular formula is C34H28Cl2FN5O3. The van der Waals surface area contributed by atoms with Gasteiger partial charge in [0.2, 0.25) is 11.8 Å². The number of anilines is 1. The number of carbonyl (C=O) groups is 3. The van der Waals surface area contributed by atoms with Gasteiger partial charge in [-0.2, -0.15) is 0 Å². The maximum atomic E-state index is 14.7. The number of carbonyl (C=O) groups excluding carboxylic acids is 3. The summed E-state index contributed by atoms with van der Waals surface area (Å²) in [6, 6.07) is 16.9. The second-order valence-corrected chi connectivity index (χ2v) is 11.8. The highest BCUT2D eigenvalue weighted by atomic mass is 35.5. The predicted octanol–water partition coefficient (Wildman–Crippen LogP) is 7.16. The number of Topliss-reactive ketones (excluding diaryl/α,β-unsaturated/α-hetero) is 1. The van der Waals surface area contributed by atoms with Gasteiger partial charge < -0.3 is 14.8 Å². The number of benzene rings is 3. The number of aromatic nitrogens is 3. The number of fused-ring (bicyclic) bond motifs is 1. The molecule has 1 unspecified atom stereocenters. The van der Waals surface area contributed by atoms with Gasteiger partial charge in [0.15, 0.2) is 5.78 Å². The Morgan fingerprint density at radius 3 is 2.44 bits per heavy atom. The van der Waals surface area contributed by atoms with Crippen molar-refractivity contribution in [2.24, 2.45) is 0 Å². The van der Waals surface area contributed by atoms with Crippen LogP contribution in [-0.2, 0) is 16.1 Å². The number of rotatable bonds is 7. The topological polar surface area (TPSA) is 97.2 Å². The largest absolute Gasteiger partial charge is 0.337 e. The molecule has 2 aromatic heterocycles. The van der Waals surface area contributed by atoms with E-state index >= 15 is 0 Å². The van der Waals surface area contributed by atoms with E-state index in [2.05, 4.69) is 15.3 Å².